The summed E-state index contributed by atoms with van der Waals surface area (Å²) in [6.07, 6.45) is 2.89. The van der Waals surface area contributed by atoms with Crippen LogP contribution in [0.15, 0.2) is 34.1 Å². The van der Waals surface area contributed by atoms with Crippen molar-refractivity contribution in [2.24, 2.45) is 0 Å². The number of ether oxygens (including phenoxy) is 1. The summed E-state index contributed by atoms with van der Waals surface area (Å²) in [6, 6.07) is 5.11. The molecule has 1 saturated heterocycles. The Morgan fingerprint density at radius 1 is 0.880 bits per heavy atom. The monoisotopic (exact) mass is 388 g/mol. The van der Waals surface area contributed by atoms with Gasteiger partial charge in [0, 0.05) is 18.7 Å². The largest absolute Gasteiger partial charge is 0.375 e. The minimum absolute atomic E-state index is 0.00644. The van der Waals surface area contributed by atoms with Gasteiger partial charge in [0.25, 0.3) is 0 Å². The SMILES string of the molecule is CC1(C)CC(NS(=O)(=O)c2ccc(S(=O)(=O)NC3CC3)cc2)CCO1. The maximum atomic E-state index is 12.5. The second-order valence-corrected chi connectivity index (χ2v) is 10.7. The molecule has 1 unspecified atom stereocenters. The maximum Gasteiger partial charge on any atom is 0.240 e. The van der Waals surface area contributed by atoms with E-state index in [-0.39, 0.29) is 27.5 Å². The van der Waals surface area contributed by atoms with Crippen LogP contribution in [0, 0.1) is 0 Å². The number of nitrogens with one attached hydrogen (secondary N) is 2. The molecule has 140 valence electrons. The van der Waals surface area contributed by atoms with E-state index in [1.54, 1.807) is 0 Å². The Morgan fingerprint density at radius 2 is 1.36 bits per heavy atom. The van der Waals surface area contributed by atoms with Crippen molar-refractivity contribution < 1.29 is 21.6 Å². The van der Waals surface area contributed by atoms with Crippen molar-refractivity contribution in [3.63, 3.8) is 0 Å². The first-order valence-corrected chi connectivity index (χ1v) is 11.3. The van der Waals surface area contributed by atoms with Crippen LogP contribution in [0.2, 0.25) is 0 Å². The molecule has 0 spiro atoms. The Hall–Kier alpha value is -1.00. The van der Waals surface area contributed by atoms with Gasteiger partial charge >= 0.3 is 0 Å². The lowest BCUT2D eigenvalue weighted by Crippen LogP contribution is -2.45. The Labute approximate surface area is 149 Å². The zero-order valence-electron chi connectivity index (χ0n) is 14.4. The van der Waals surface area contributed by atoms with Gasteiger partial charge in [-0.2, -0.15) is 0 Å². The molecule has 3 rings (SSSR count). The number of sulfonamides is 2. The molecular weight excluding hydrogens is 364 g/mol. The highest BCUT2D eigenvalue weighted by Gasteiger charge is 2.32. The van der Waals surface area contributed by atoms with Crippen LogP contribution >= 0.6 is 0 Å². The van der Waals surface area contributed by atoms with Crippen molar-refractivity contribution in [3.05, 3.63) is 24.3 Å². The summed E-state index contributed by atoms with van der Waals surface area (Å²) in [5.74, 6) is 0. The summed E-state index contributed by atoms with van der Waals surface area (Å²) in [5, 5.41) is 0. The minimum atomic E-state index is -3.70. The summed E-state index contributed by atoms with van der Waals surface area (Å²) in [5.41, 5.74) is -0.363. The van der Waals surface area contributed by atoms with Crippen LogP contribution in [-0.2, 0) is 24.8 Å². The molecule has 1 heterocycles. The first-order chi connectivity index (χ1) is 11.6. The second-order valence-electron chi connectivity index (χ2n) is 7.29. The molecular formula is C16H24N2O5S2. The smallest absolute Gasteiger partial charge is 0.240 e. The van der Waals surface area contributed by atoms with Gasteiger partial charge in [0.05, 0.1) is 15.4 Å². The first-order valence-electron chi connectivity index (χ1n) is 8.36. The van der Waals surface area contributed by atoms with Crippen molar-refractivity contribution in [1.29, 1.82) is 0 Å². The Balaban J connectivity index is 1.72. The number of benzene rings is 1. The van der Waals surface area contributed by atoms with Crippen molar-refractivity contribution in [3.8, 4) is 0 Å². The highest BCUT2D eigenvalue weighted by atomic mass is 32.2. The Bertz CT molecular complexity index is 828. The van der Waals surface area contributed by atoms with Crippen LogP contribution in [0.1, 0.15) is 39.5 Å². The van der Waals surface area contributed by atoms with E-state index in [1.807, 2.05) is 13.8 Å². The zero-order valence-corrected chi connectivity index (χ0v) is 16.0. The molecule has 0 radical (unpaired) electrons. The summed E-state index contributed by atoms with van der Waals surface area (Å²) >= 11 is 0. The predicted molar refractivity (Wildman–Crippen MR) is 93.2 cm³/mol. The maximum absolute atomic E-state index is 12.5. The lowest BCUT2D eigenvalue weighted by atomic mass is 9.95. The van der Waals surface area contributed by atoms with Crippen LogP contribution in [0.3, 0.4) is 0 Å². The van der Waals surface area contributed by atoms with Crippen molar-refractivity contribution in [2.75, 3.05) is 6.61 Å². The number of rotatable bonds is 6. The van der Waals surface area contributed by atoms with Gasteiger partial charge in [-0.15, -0.1) is 0 Å². The summed E-state index contributed by atoms with van der Waals surface area (Å²) in [4.78, 5) is 0.132. The van der Waals surface area contributed by atoms with Crippen LogP contribution in [-0.4, -0.2) is 41.1 Å². The molecule has 1 aliphatic carbocycles. The molecule has 1 aromatic carbocycles. The van der Waals surface area contributed by atoms with Gasteiger partial charge in [-0.3, -0.25) is 0 Å². The molecule has 0 amide bonds. The molecule has 1 atom stereocenters. The highest BCUT2D eigenvalue weighted by molar-refractivity contribution is 7.90. The van der Waals surface area contributed by atoms with E-state index < -0.39 is 20.0 Å². The molecule has 2 fully saturated rings. The molecule has 0 aromatic heterocycles. The van der Waals surface area contributed by atoms with E-state index in [0.717, 1.165) is 12.8 Å². The predicted octanol–water partition coefficient (Wildman–Crippen LogP) is 1.36. The average Bonchev–Trinajstić information content (AvgIpc) is 3.29. The lowest BCUT2D eigenvalue weighted by molar-refractivity contribution is -0.0599. The fraction of sp³-hybridized carbons (Fsp3) is 0.625. The van der Waals surface area contributed by atoms with E-state index in [1.165, 1.54) is 24.3 Å². The van der Waals surface area contributed by atoms with Gasteiger partial charge in [-0.25, -0.2) is 26.3 Å². The molecule has 9 heteroatoms. The standard InChI is InChI=1S/C16H24N2O5S2/c1-16(2)11-13(9-10-23-16)18-25(21,22)15-7-5-14(6-8-15)24(19,20)17-12-3-4-12/h5-8,12-13,17-18H,3-4,9-11H2,1-2H3. The van der Waals surface area contributed by atoms with Crippen molar-refractivity contribution in [1.82, 2.24) is 9.44 Å². The third-order valence-electron chi connectivity index (χ3n) is 4.36. The van der Waals surface area contributed by atoms with Crippen LogP contribution in [0.25, 0.3) is 0 Å². The molecule has 1 aromatic rings. The normalized spacial score (nSPS) is 24.2. The highest BCUT2D eigenvalue weighted by Crippen LogP contribution is 2.26. The Morgan fingerprint density at radius 3 is 1.80 bits per heavy atom. The Kier molecular flexibility index (Phi) is 4.97. The van der Waals surface area contributed by atoms with Gasteiger partial charge < -0.3 is 4.74 Å². The fourth-order valence-electron chi connectivity index (χ4n) is 2.91. The summed E-state index contributed by atoms with van der Waals surface area (Å²) in [6.45, 7) is 4.37. The van der Waals surface area contributed by atoms with E-state index in [2.05, 4.69) is 9.44 Å². The summed E-state index contributed by atoms with van der Waals surface area (Å²) < 4.78 is 60.2. The molecule has 1 saturated carbocycles. The van der Waals surface area contributed by atoms with Crippen LogP contribution in [0.4, 0.5) is 0 Å². The summed E-state index contributed by atoms with van der Waals surface area (Å²) in [7, 11) is -7.29. The molecule has 7 nitrogen and oxygen atoms in total. The topological polar surface area (TPSA) is 102 Å². The number of hydrogen-bond acceptors (Lipinski definition) is 5. The lowest BCUT2D eigenvalue weighted by Gasteiger charge is -2.35. The van der Waals surface area contributed by atoms with Gasteiger partial charge in [-0.05, 0) is 63.8 Å². The fourth-order valence-corrected chi connectivity index (χ4v) is 5.48. The zero-order chi connectivity index (χ0) is 18.3. The average molecular weight is 389 g/mol. The third-order valence-corrected chi connectivity index (χ3v) is 7.44. The van der Waals surface area contributed by atoms with E-state index in [4.69, 9.17) is 4.74 Å². The first kappa shape index (κ1) is 18.8. The van der Waals surface area contributed by atoms with Gasteiger partial charge in [0.15, 0.2) is 0 Å². The van der Waals surface area contributed by atoms with E-state index >= 15 is 0 Å². The molecule has 2 N–H and O–H groups in total. The van der Waals surface area contributed by atoms with Gasteiger partial charge in [0.1, 0.15) is 0 Å². The second kappa shape index (κ2) is 6.62. The van der Waals surface area contributed by atoms with E-state index in [9.17, 15) is 16.8 Å². The number of hydrogen-bond donors (Lipinski definition) is 2. The molecule has 2 aliphatic rings. The van der Waals surface area contributed by atoms with Crippen LogP contribution in [0.5, 0.6) is 0 Å². The van der Waals surface area contributed by atoms with Crippen LogP contribution < -0.4 is 9.44 Å². The van der Waals surface area contributed by atoms with E-state index in [0.29, 0.717) is 19.4 Å². The van der Waals surface area contributed by atoms with Crippen molar-refractivity contribution in [2.45, 2.75) is 67.0 Å². The molecule has 25 heavy (non-hydrogen) atoms. The quantitative estimate of drug-likeness (QED) is 0.766. The third kappa shape index (κ3) is 4.79. The van der Waals surface area contributed by atoms with Gasteiger partial charge in [0.2, 0.25) is 20.0 Å². The molecule has 1 aliphatic heterocycles. The molecule has 0 bridgehead atoms. The minimum Gasteiger partial charge on any atom is -0.375 e. The van der Waals surface area contributed by atoms with Gasteiger partial charge in [-0.1, -0.05) is 0 Å². The van der Waals surface area contributed by atoms with Crippen molar-refractivity contribution >= 4 is 20.0 Å².